The Morgan fingerprint density at radius 3 is 2.07 bits per heavy atom. The van der Waals surface area contributed by atoms with E-state index in [1.807, 2.05) is 4.90 Å². The second kappa shape index (κ2) is 4.97. The van der Waals surface area contributed by atoms with Gasteiger partial charge in [0.1, 0.15) is 0 Å². The highest BCUT2D eigenvalue weighted by molar-refractivity contribution is 5.73. The number of rotatable bonds is 1. The molecule has 2 aliphatic rings. The third-order valence-corrected chi connectivity index (χ3v) is 2.82. The number of carbonyl (C=O) groups excluding carboxylic acids is 1. The zero-order chi connectivity index (χ0) is 10.6. The molecule has 0 N–H and O–H groups in total. The number of amides is 1. The van der Waals surface area contributed by atoms with Crippen molar-refractivity contribution in [2.75, 3.05) is 26.2 Å². The van der Waals surface area contributed by atoms with Gasteiger partial charge in [-0.25, -0.2) is 5.26 Å². The largest absolute Gasteiger partial charge is 0.340 e. The number of piperazine rings is 1. The van der Waals surface area contributed by atoms with E-state index in [1.165, 1.54) is 12.8 Å². The summed E-state index contributed by atoms with van der Waals surface area (Å²) >= 11 is 0. The standard InChI is InChI=1S/C9H16N2O.CHN/c1-8(12)10-4-6-11(7-5-10)9-2-3-9;1-2/h9H,2-7H2,1H3;1H. The lowest BCUT2D eigenvalue weighted by Gasteiger charge is -2.34. The van der Waals surface area contributed by atoms with Crippen molar-refractivity contribution in [3.8, 4) is 6.57 Å². The van der Waals surface area contributed by atoms with Gasteiger partial charge in [0, 0.05) is 45.7 Å². The van der Waals surface area contributed by atoms with Gasteiger partial charge >= 0.3 is 0 Å². The molecule has 0 aromatic rings. The van der Waals surface area contributed by atoms with Gasteiger partial charge < -0.3 is 4.90 Å². The molecule has 1 amide bonds. The Kier molecular flexibility index (Phi) is 3.90. The molecule has 0 aromatic carbocycles. The molecule has 0 atom stereocenters. The molecule has 1 heterocycles. The monoisotopic (exact) mass is 195 g/mol. The minimum atomic E-state index is 0.227. The van der Waals surface area contributed by atoms with Crippen LogP contribution in [0.4, 0.5) is 0 Å². The molecular formula is C10H17N3O. The van der Waals surface area contributed by atoms with E-state index in [0.717, 1.165) is 32.2 Å². The van der Waals surface area contributed by atoms with E-state index in [4.69, 9.17) is 5.26 Å². The summed E-state index contributed by atoms with van der Waals surface area (Å²) in [5, 5.41) is 6.50. The molecule has 0 aromatic heterocycles. The highest BCUT2D eigenvalue weighted by Crippen LogP contribution is 2.27. The fourth-order valence-electron chi connectivity index (χ4n) is 1.84. The average molecular weight is 195 g/mol. The summed E-state index contributed by atoms with van der Waals surface area (Å²) in [6, 6.07) is 0.860. The summed E-state index contributed by atoms with van der Waals surface area (Å²) in [7, 11) is 0. The van der Waals surface area contributed by atoms with Crippen LogP contribution in [0.25, 0.3) is 0 Å². The molecule has 1 aliphatic heterocycles. The van der Waals surface area contributed by atoms with Crippen LogP contribution in [-0.2, 0) is 4.79 Å². The molecule has 14 heavy (non-hydrogen) atoms. The quantitative estimate of drug-likeness (QED) is 0.610. The molecule has 0 radical (unpaired) electrons. The molecule has 4 nitrogen and oxygen atoms in total. The molecule has 0 spiro atoms. The van der Waals surface area contributed by atoms with E-state index in [2.05, 4.69) is 11.5 Å². The zero-order valence-electron chi connectivity index (χ0n) is 8.65. The van der Waals surface area contributed by atoms with Crippen LogP contribution in [0.15, 0.2) is 0 Å². The van der Waals surface area contributed by atoms with E-state index in [0.29, 0.717) is 0 Å². The summed E-state index contributed by atoms with van der Waals surface area (Å²) in [5.74, 6) is 0.227. The maximum absolute atomic E-state index is 11.0. The minimum absolute atomic E-state index is 0.227. The van der Waals surface area contributed by atoms with Gasteiger partial charge in [-0.1, -0.05) is 0 Å². The molecular weight excluding hydrogens is 178 g/mol. The Bertz CT molecular complexity index is 215. The average Bonchev–Trinajstić information content (AvgIpc) is 3.04. The van der Waals surface area contributed by atoms with Crippen molar-refractivity contribution in [1.29, 1.82) is 5.26 Å². The number of nitriles is 1. The van der Waals surface area contributed by atoms with Crippen LogP contribution in [0.3, 0.4) is 0 Å². The third kappa shape index (κ3) is 2.71. The second-order valence-corrected chi connectivity index (χ2v) is 3.77. The van der Waals surface area contributed by atoms with E-state index < -0.39 is 0 Å². The van der Waals surface area contributed by atoms with Gasteiger partial charge in [0.05, 0.1) is 0 Å². The Hall–Kier alpha value is -1.08. The van der Waals surface area contributed by atoms with Gasteiger partial charge in [0.25, 0.3) is 0 Å². The lowest BCUT2D eigenvalue weighted by molar-refractivity contribution is -0.130. The molecule has 0 unspecified atom stereocenters. The Balaban J connectivity index is 0.000000461. The number of carbonyl (C=O) groups is 1. The summed E-state index contributed by atoms with van der Waals surface area (Å²) in [5.41, 5.74) is 0. The SMILES string of the molecule is C#N.CC(=O)N1CCN(C2CC2)CC1. The topological polar surface area (TPSA) is 47.3 Å². The molecule has 1 saturated heterocycles. The predicted molar refractivity (Wildman–Crippen MR) is 53.5 cm³/mol. The van der Waals surface area contributed by atoms with Crippen LogP contribution in [0, 0.1) is 11.8 Å². The third-order valence-electron chi connectivity index (χ3n) is 2.82. The Morgan fingerprint density at radius 2 is 1.71 bits per heavy atom. The molecule has 4 heteroatoms. The maximum Gasteiger partial charge on any atom is 0.219 e. The van der Waals surface area contributed by atoms with Crippen molar-refractivity contribution < 1.29 is 4.79 Å². The fraction of sp³-hybridized carbons (Fsp3) is 0.800. The summed E-state index contributed by atoms with van der Waals surface area (Å²) in [6.45, 7) is 9.21. The first-order valence-electron chi connectivity index (χ1n) is 5.03. The van der Waals surface area contributed by atoms with Gasteiger partial charge in [0.15, 0.2) is 0 Å². The van der Waals surface area contributed by atoms with Crippen LogP contribution in [0.2, 0.25) is 0 Å². The van der Waals surface area contributed by atoms with Crippen LogP contribution in [0.5, 0.6) is 0 Å². The molecule has 1 saturated carbocycles. The lowest BCUT2D eigenvalue weighted by atomic mass is 10.3. The van der Waals surface area contributed by atoms with Gasteiger partial charge in [-0.05, 0) is 12.8 Å². The zero-order valence-corrected chi connectivity index (χ0v) is 8.65. The minimum Gasteiger partial charge on any atom is -0.340 e. The van der Waals surface area contributed by atoms with E-state index in [9.17, 15) is 4.79 Å². The number of hydrogen-bond donors (Lipinski definition) is 0. The van der Waals surface area contributed by atoms with Crippen LogP contribution < -0.4 is 0 Å². The molecule has 2 fully saturated rings. The van der Waals surface area contributed by atoms with Crippen molar-refractivity contribution >= 4 is 5.91 Å². The smallest absolute Gasteiger partial charge is 0.219 e. The first-order valence-corrected chi connectivity index (χ1v) is 5.03. The van der Waals surface area contributed by atoms with Gasteiger partial charge in [-0.2, -0.15) is 0 Å². The fourth-order valence-corrected chi connectivity index (χ4v) is 1.84. The lowest BCUT2D eigenvalue weighted by Crippen LogP contribution is -2.48. The highest BCUT2D eigenvalue weighted by atomic mass is 16.2. The summed E-state index contributed by atoms with van der Waals surface area (Å²) < 4.78 is 0. The van der Waals surface area contributed by atoms with E-state index in [1.54, 1.807) is 6.92 Å². The number of nitrogens with zero attached hydrogens (tertiary/aromatic N) is 3. The molecule has 78 valence electrons. The molecule has 1 aliphatic carbocycles. The highest BCUT2D eigenvalue weighted by Gasteiger charge is 2.31. The van der Waals surface area contributed by atoms with Crippen molar-refractivity contribution in [2.45, 2.75) is 25.8 Å². The van der Waals surface area contributed by atoms with Crippen molar-refractivity contribution in [2.24, 2.45) is 0 Å². The van der Waals surface area contributed by atoms with Crippen LogP contribution >= 0.6 is 0 Å². The van der Waals surface area contributed by atoms with Crippen LogP contribution in [0.1, 0.15) is 19.8 Å². The molecule has 0 bridgehead atoms. The van der Waals surface area contributed by atoms with Crippen molar-refractivity contribution in [3.63, 3.8) is 0 Å². The first-order chi connectivity index (χ1) is 6.77. The first kappa shape index (κ1) is 11.0. The number of hydrogen-bond acceptors (Lipinski definition) is 3. The van der Waals surface area contributed by atoms with Crippen molar-refractivity contribution in [1.82, 2.24) is 9.80 Å². The van der Waals surface area contributed by atoms with E-state index in [-0.39, 0.29) is 5.91 Å². The van der Waals surface area contributed by atoms with E-state index >= 15 is 0 Å². The van der Waals surface area contributed by atoms with Gasteiger partial charge in [-0.15, -0.1) is 0 Å². The summed E-state index contributed by atoms with van der Waals surface area (Å²) in [4.78, 5) is 15.5. The maximum atomic E-state index is 11.0. The van der Waals surface area contributed by atoms with Gasteiger partial charge in [0.2, 0.25) is 5.91 Å². The Labute approximate surface area is 85.1 Å². The van der Waals surface area contributed by atoms with Crippen LogP contribution in [-0.4, -0.2) is 47.9 Å². The predicted octanol–water partition coefficient (Wildman–Crippen LogP) is 0.453. The van der Waals surface area contributed by atoms with Gasteiger partial charge in [-0.3, -0.25) is 9.69 Å². The normalized spacial score (nSPS) is 22.4. The van der Waals surface area contributed by atoms with Crippen molar-refractivity contribution in [3.05, 3.63) is 0 Å². The Morgan fingerprint density at radius 1 is 1.21 bits per heavy atom. The summed E-state index contributed by atoms with van der Waals surface area (Å²) in [6.07, 6.45) is 2.75. The second-order valence-electron chi connectivity index (χ2n) is 3.77. The molecule has 2 rings (SSSR count).